The number of allylic oxidation sites excluding steroid dienone is 16. The summed E-state index contributed by atoms with van der Waals surface area (Å²) in [7, 11) is -4.18. The number of nitrogens with two attached hydrogens (primary N) is 1. The Kier molecular flexibility index (Phi) is 41.0. The first-order valence-electron chi connectivity index (χ1n) is 20.8. The Labute approximate surface area is 325 Å². The van der Waals surface area contributed by atoms with Crippen LogP contribution in [0.1, 0.15) is 142 Å². The number of hydrogen-bond donors (Lipinski definition) is 2. The third-order valence-electron chi connectivity index (χ3n) is 8.04. The van der Waals surface area contributed by atoms with Crippen LogP contribution >= 0.6 is 7.82 Å². The molecule has 304 valence electrons. The van der Waals surface area contributed by atoms with Crippen molar-refractivity contribution in [3.63, 3.8) is 0 Å². The summed E-state index contributed by atoms with van der Waals surface area (Å²) in [5.74, 6) is 0. The maximum atomic E-state index is 12.1. The van der Waals surface area contributed by atoms with Crippen LogP contribution in [0, 0.1) is 0 Å². The van der Waals surface area contributed by atoms with E-state index in [4.69, 9.17) is 24.3 Å². The Hall–Kier alpha value is -2.09. The minimum absolute atomic E-state index is 0.0489. The largest absolute Gasteiger partial charge is 0.472 e. The molecule has 0 aliphatic heterocycles. The lowest BCUT2D eigenvalue weighted by Gasteiger charge is -2.20. The lowest BCUT2D eigenvalue weighted by atomic mass is 10.2. The van der Waals surface area contributed by atoms with Gasteiger partial charge in [-0.25, -0.2) is 4.57 Å². The quantitative estimate of drug-likeness (QED) is 0.0365. The SMILES string of the molecule is CCCCC/C=C\C/C=C\C/C=C\C/C=C\CCCCOCC(COP(=O)(O)OCCN)OCCCC/C=C\C/C=C\C/C=C\C/C=C\CCCCC. The molecule has 0 bridgehead atoms. The van der Waals surface area contributed by atoms with E-state index in [0.29, 0.717) is 19.8 Å². The van der Waals surface area contributed by atoms with Gasteiger partial charge in [0, 0.05) is 19.8 Å². The number of phosphoric ester groups is 1. The van der Waals surface area contributed by atoms with Crippen molar-refractivity contribution in [2.24, 2.45) is 5.73 Å². The summed E-state index contributed by atoms with van der Waals surface area (Å²) in [6.07, 6.45) is 57.2. The first-order chi connectivity index (χ1) is 26.1. The summed E-state index contributed by atoms with van der Waals surface area (Å²) in [5.41, 5.74) is 5.38. The first-order valence-corrected chi connectivity index (χ1v) is 22.3. The van der Waals surface area contributed by atoms with E-state index in [2.05, 4.69) is 111 Å². The maximum Gasteiger partial charge on any atom is 0.472 e. The van der Waals surface area contributed by atoms with Crippen molar-refractivity contribution >= 4 is 7.82 Å². The molecule has 0 aromatic heterocycles. The number of hydrogen-bond acceptors (Lipinski definition) is 6. The normalized spacial score (nSPS) is 14.7. The summed E-state index contributed by atoms with van der Waals surface area (Å²) >= 11 is 0. The molecular weight excluding hydrogens is 681 g/mol. The molecule has 0 aliphatic rings. The van der Waals surface area contributed by atoms with Crippen molar-refractivity contribution in [1.82, 2.24) is 0 Å². The molecule has 8 heteroatoms. The van der Waals surface area contributed by atoms with E-state index in [9.17, 15) is 9.46 Å². The highest BCUT2D eigenvalue weighted by molar-refractivity contribution is 7.47. The molecule has 0 saturated heterocycles. The van der Waals surface area contributed by atoms with E-state index in [1.807, 2.05) is 0 Å². The summed E-state index contributed by atoms with van der Waals surface area (Å²) in [6.45, 7) is 5.89. The third-order valence-corrected chi connectivity index (χ3v) is 9.03. The highest BCUT2D eigenvalue weighted by Gasteiger charge is 2.23. The van der Waals surface area contributed by atoms with Gasteiger partial charge in [-0.3, -0.25) is 9.05 Å². The molecule has 0 rings (SSSR count). The summed E-state index contributed by atoms with van der Waals surface area (Å²) in [5, 5.41) is 0. The molecule has 2 atom stereocenters. The van der Waals surface area contributed by atoms with E-state index in [1.54, 1.807) is 0 Å². The molecule has 0 aromatic carbocycles. The van der Waals surface area contributed by atoms with Crippen molar-refractivity contribution in [1.29, 1.82) is 0 Å². The van der Waals surface area contributed by atoms with Gasteiger partial charge >= 0.3 is 7.82 Å². The Morgan fingerprint density at radius 3 is 1.26 bits per heavy atom. The highest BCUT2D eigenvalue weighted by atomic mass is 31.2. The van der Waals surface area contributed by atoms with Gasteiger partial charge in [0.2, 0.25) is 0 Å². The van der Waals surface area contributed by atoms with Gasteiger partial charge in [0.25, 0.3) is 0 Å². The predicted molar refractivity (Wildman–Crippen MR) is 228 cm³/mol. The average molecular weight is 760 g/mol. The molecule has 53 heavy (non-hydrogen) atoms. The molecule has 0 fully saturated rings. The van der Waals surface area contributed by atoms with Crippen LogP contribution in [0.4, 0.5) is 0 Å². The zero-order valence-electron chi connectivity index (χ0n) is 33.7. The molecule has 0 spiro atoms. The number of rotatable bonds is 39. The molecular formula is C45H78NO6P. The molecule has 0 amide bonds. The molecule has 0 heterocycles. The van der Waals surface area contributed by atoms with Crippen LogP contribution in [0.5, 0.6) is 0 Å². The van der Waals surface area contributed by atoms with Gasteiger partial charge in [0.15, 0.2) is 0 Å². The summed E-state index contributed by atoms with van der Waals surface area (Å²) in [4.78, 5) is 9.89. The van der Waals surface area contributed by atoms with Crippen molar-refractivity contribution in [2.45, 2.75) is 148 Å². The van der Waals surface area contributed by atoms with Crippen LogP contribution in [0.2, 0.25) is 0 Å². The first kappa shape index (κ1) is 50.9. The highest BCUT2D eigenvalue weighted by Crippen LogP contribution is 2.43. The Balaban J connectivity index is 4.14. The second-order valence-electron chi connectivity index (χ2n) is 13.1. The molecule has 0 aromatic rings. The van der Waals surface area contributed by atoms with E-state index >= 15 is 0 Å². The number of ether oxygens (including phenoxy) is 2. The van der Waals surface area contributed by atoms with Crippen molar-refractivity contribution in [3.8, 4) is 0 Å². The Bertz CT molecular complexity index is 1060. The van der Waals surface area contributed by atoms with Crippen molar-refractivity contribution in [3.05, 3.63) is 97.2 Å². The predicted octanol–water partition coefficient (Wildman–Crippen LogP) is 12.8. The van der Waals surface area contributed by atoms with Crippen molar-refractivity contribution in [2.75, 3.05) is 39.6 Å². The molecule has 7 nitrogen and oxygen atoms in total. The fraction of sp³-hybridized carbons (Fsp3) is 0.644. The van der Waals surface area contributed by atoms with E-state index < -0.39 is 13.9 Å². The van der Waals surface area contributed by atoms with Crippen LogP contribution in [0.3, 0.4) is 0 Å². The lowest BCUT2D eigenvalue weighted by molar-refractivity contribution is -0.0441. The zero-order valence-corrected chi connectivity index (χ0v) is 34.6. The summed E-state index contributed by atoms with van der Waals surface area (Å²) < 4.78 is 34.0. The van der Waals surface area contributed by atoms with Gasteiger partial charge in [-0.2, -0.15) is 0 Å². The molecule has 0 radical (unpaired) electrons. The fourth-order valence-electron chi connectivity index (χ4n) is 4.94. The van der Waals surface area contributed by atoms with Gasteiger partial charge in [0.1, 0.15) is 6.10 Å². The Morgan fingerprint density at radius 1 is 0.491 bits per heavy atom. The lowest BCUT2D eigenvalue weighted by Crippen LogP contribution is -2.26. The molecule has 3 N–H and O–H groups in total. The van der Waals surface area contributed by atoms with E-state index in [1.165, 1.54) is 51.4 Å². The van der Waals surface area contributed by atoms with Crippen LogP contribution in [0.15, 0.2) is 97.2 Å². The Morgan fingerprint density at radius 2 is 0.868 bits per heavy atom. The van der Waals surface area contributed by atoms with Gasteiger partial charge in [-0.1, -0.05) is 137 Å². The second kappa shape index (κ2) is 42.6. The summed E-state index contributed by atoms with van der Waals surface area (Å²) in [6, 6.07) is 0. The van der Waals surface area contributed by atoms with Gasteiger partial charge in [-0.05, 0) is 103 Å². The van der Waals surface area contributed by atoms with Gasteiger partial charge in [0.05, 0.1) is 19.8 Å². The second-order valence-corrected chi connectivity index (χ2v) is 14.6. The zero-order chi connectivity index (χ0) is 38.6. The smallest absolute Gasteiger partial charge is 0.379 e. The molecule has 0 aliphatic carbocycles. The maximum absolute atomic E-state index is 12.1. The standard InChI is InChI=1S/C45H78NO6P/c1-3-5-7-9-11-13-15-17-19-21-23-25-27-29-31-33-35-37-40-49-43-45(44-52-53(47,48)51-42-39-46)50-41-38-36-34-32-30-28-26-24-22-20-18-16-14-12-10-8-6-4-2/h11-14,17-20,23-26,29-32,45H,3-10,15-16,21-22,27-28,33-44,46H2,1-2H3,(H,47,48)/b13-11-,14-12-,19-17-,20-18-,25-23-,26-24-,31-29-,32-30-. The monoisotopic (exact) mass is 760 g/mol. The van der Waals surface area contributed by atoms with Crippen LogP contribution in [0.25, 0.3) is 0 Å². The van der Waals surface area contributed by atoms with Crippen LogP contribution in [-0.4, -0.2) is 50.6 Å². The van der Waals surface area contributed by atoms with Crippen LogP contribution < -0.4 is 5.73 Å². The number of unbranched alkanes of at least 4 members (excludes halogenated alkanes) is 10. The minimum atomic E-state index is -4.18. The topological polar surface area (TPSA) is 100 Å². The van der Waals surface area contributed by atoms with Crippen molar-refractivity contribution < 1.29 is 28.0 Å². The number of phosphoric acid groups is 1. The van der Waals surface area contributed by atoms with E-state index in [-0.39, 0.29) is 19.8 Å². The fourth-order valence-corrected chi connectivity index (χ4v) is 5.71. The average Bonchev–Trinajstić information content (AvgIpc) is 3.15. The van der Waals surface area contributed by atoms with Crippen LogP contribution in [-0.2, 0) is 23.1 Å². The van der Waals surface area contributed by atoms with Gasteiger partial charge < -0.3 is 20.1 Å². The minimum Gasteiger partial charge on any atom is -0.379 e. The van der Waals surface area contributed by atoms with Gasteiger partial charge in [-0.15, -0.1) is 0 Å². The third kappa shape index (κ3) is 42.5. The molecule has 2 unspecified atom stereocenters. The van der Waals surface area contributed by atoms with E-state index in [0.717, 1.165) is 77.0 Å². The molecule has 0 saturated carbocycles.